The molecule has 4 rings (SSSR count). The van der Waals surface area contributed by atoms with Gasteiger partial charge in [-0.25, -0.2) is 0 Å². The Kier molecular flexibility index (Phi) is 6.43. The van der Waals surface area contributed by atoms with Crippen molar-refractivity contribution < 1.29 is 14.3 Å². The molecule has 1 N–H and O–H groups in total. The lowest BCUT2D eigenvalue weighted by atomic mass is 10.1. The fraction of sp³-hybridized carbons (Fsp3) is 0.364. The van der Waals surface area contributed by atoms with Gasteiger partial charge in [-0.15, -0.1) is 11.8 Å². The maximum atomic E-state index is 12.7. The monoisotopic (exact) mass is 430 g/mol. The number of hydrogen-bond donors (Lipinski definition) is 1. The molecule has 2 heterocycles. The van der Waals surface area contributed by atoms with Crippen molar-refractivity contribution in [2.45, 2.75) is 42.1 Å². The van der Waals surface area contributed by atoms with Crippen LogP contribution >= 0.6 is 23.4 Å². The molecule has 2 aliphatic heterocycles. The molecule has 7 heteroatoms. The maximum Gasteiger partial charge on any atom is 0.238 e. The molecule has 1 fully saturated rings. The molecule has 1 unspecified atom stereocenters. The van der Waals surface area contributed by atoms with E-state index in [2.05, 4.69) is 17.4 Å². The molecule has 1 saturated heterocycles. The summed E-state index contributed by atoms with van der Waals surface area (Å²) in [5.74, 6) is -0.115. The van der Waals surface area contributed by atoms with Crippen molar-refractivity contribution in [3.8, 4) is 0 Å². The second kappa shape index (κ2) is 9.20. The van der Waals surface area contributed by atoms with Crippen molar-refractivity contribution in [3.05, 3.63) is 59.1 Å². The van der Waals surface area contributed by atoms with Gasteiger partial charge in [-0.3, -0.25) is 9.59 Å². The minimum atomic E-state index is -0.414. The Morgan fingerprint density at radius 2 is 1.93 bits per heavy atom. The number of fused-ring (bicyclic) bond motifs is 1. The predicted molar refractivity (Wildman–Crippen MR) is 115 cm³/mol. The Bertz CT molecular complexity index is 885. The van der Waals surface area contributed by atoms with Crippen LogP contribution < -0.4 is 5.32 Å². The average molecular weight is 431 g/mol. The number of nitrogens with one attached hydrogen (secondary N) is 1. The van der Waals surface area contributed by atoms with Crippen molar-refractivity contribution in [3.63, 3.8) is 0 Å². The van der Waals surface area contributed by atoms with Crippen molar-refractivity contribution in [2.75, 3.05) is 18.4 Å². The summed E-state index contributed by atoms with van der Waals surface area (Å²) in [5, 5.41) is 3.03. The third-order valence-corrected chi connectivity index (χ3v) is 6.75. The van der Waals surface area contributed by atoms with Crippen molar-refractivity contribution >= 4 is 40.9 Å². The van der Waals surface area contributed by atoms with E-state index in [9.17, 15) is 9.59 Å². The van der Waals surface area contributed by atoms with Gasteiger partial charge in [0.05, 0.1) is 23.6 Å². The number of carbonyl (C=O) groups is 2. The first-order valence-electron chi connectivity index (χ1n) is 9.79. The second-order valence-corrected chi connectivity index (χ2v) is 9.00. The molecule has 0 spiro atoms. The Balaban J connectivity index is 1.26. The van der Waals surface area contributed by atoms with Crippen molar-refractivity contribution in [1.82, 2.24) is 4.90 Å². The van der Waals surface area contributed by atoms with Gasteiger partial charge in [0.1, 0.15) is 0 Å². The molecule has 2 aromatic rings. The number of piperidine rings is 1. The largest absolute Gasteiger partial charge is 0.373 e. The minimum absolute atomic E-state index is 0.0246. The van der Waals surface area contributed by atoms with Crippen LogP contribution in [0, 0.1) is 0 Å². The molecule has 2 amide bonds. The standard InChI is InChI=1S/C22H23ClN2O3S/c23-16-6-7-19-18(12-16)24-22(27)20(29-19)13-21(26)25-10-8-17(9-11-25)28-14-15-4-2-1-3-5-15/h1-7,12,17,20H,8-11,13-14H2,(H,24,27). The van der Waals surface area contributed by atoms with Gasteiger partial charge >= 0.3 is 0 Å². The van der Waals surface area contributed by atoms with Gasteiger partial charge in [0, 0.05) is 29.4 Å². The fourth-order valence-corrected chi connectivity index (χ4v) is 4.86. The number of ether oxygens (including phenoxy) is 1. The Morgan fingerprint density at radius 1 is 1.17 bits per heavy atom. The number of amides is 2. The molecule has 29 heavy (non-hydrogen) atoms. The van der Waals surface area contributed by atoms with Crippen LogP contribution in [0.5, 0.6) is 0 Å². The SMILES string of the molecule is O=C1Nc2cc(Cl)ccc2SC1CC(=O)N1CCC(OCc2ccccc2)CC1. The molecule has 0 saturated carbocycles. The Labute approximate surface area is 179 Å². The van der Waals surface area contributed by atoms with E-state index in [1.807, 2.05) is 29.2 Å². The van der Waals surface area contributed by atoms with Gasteiger partial charge in [0.15, 0.2) is 0 Å². The number of halogens is 1. The summed E-state index contributed by atoms with van der Waals surface area (Å²) in [4.78, 5) is 27.9. The molecule has 2 aromatic carbocycles. The van der Waals surface area contributed by atoms with E-state index in [4.69, 9.17) is 16.3 Å². The van der Waals surface area contributed by atoms with Crippen LogP contribution in [-0.2, 0) is 20.9 Å². The quantitative estimate of drug-likeness (QED) is 0.766. The van der Waals surface area contributed by atoms with E-state index in [1.165, 1.54) is 11.8 Å². The predicted octanol–water partition coefficient (Wildman–Crippen LogP) is 4.35. The Hall–Kier alpha value is -2.02. The highest BCUT2D eigenvalue weighted by Crippen LogP contribution is 2.38. The summed E-state index contributed by atoms with van der Waals surface area (Å²) in [6, 6.07) is 15.5. The zero-order valence-electron chi connectivity index (χ0n) is 16.0. The molecule has 152 valence electrons. The van der Waals surface area contributed by atoms with Crippen molar-refractivity contribution in [2.24, 2.45) is 0 Å². The number of likely N-dealkylation sites (tertiary alicyclic amines) is 1. The van der Waals surface area contributed by atoms with Crippen LogP contribution in [0.2, 0.25) is 5.02 Å². The highest BCUT2D eigenvalue weighted by atomic mass is 35.5. The maximum absolute atomic E-state index is 12.7. The number of hydrogen-bond acceptors (Lipinski definition) is 4. The molecular formula is C22H23ClN2O3S. The van der Waals surface area contributed by atoms with Crippen LogP contribution in [0.1, 0.15) is 24.8 Å². The number of carbonyl (C=O) groups excluding carboxylic acids is 2. The van der Waals surface area contributed by atoms with Crippen LogP contribution in [0.3, 0.4) is 0 Å². The van der Waals surface area contributed by atoms with Gasteiger partial charge in [0.2, 0.25) is 11.8 Å². The van der Waals surface area contributed by atoms with Gasteiger partial charge in [-0.05, 0) is 36.6 Å². The normalized spacial score (nSPS) is 19.6. The third-order valence-electron chi connectivity index (χ3n) is 5.24. The van der Waals surface area contributed by atoms with Crippen LogP contribution in [0.25, 0.3) is 0 Å². The smallest absolute Gasteiger partial charge is 0.238 e. The lowest BCUT2D eigenvalue weighted by Crippen LogP contribution is -2.43. The van der Waals surface area contributed by atoms with Crippen molar-refractivity contribution in [1.29, 1.82) is 0 Å². The van der Waals surface area contributed by atoms with Crippen LogP contribution in [-0.4, -0.2) is 41.2 Å². The van der Waals surface area contributed by atoms with Gasteiger partial charge < -0.3 is 15.0 Å². The number of benzene rings is 2. The fourth-order valence-electron chi connectivity index (χ4n) is 3.60. The van der Waals surface area contributed by atoms with E-state index in [0.29, 0.717) is 30.4 Å². The zero-order valence-corrected chi connectivity index (χ0v) is 17.5. The van der Waals surface area contributed by atoms with Crippen LogP contribution in [0.15, 0.2) is 53.4 Å². The first-order chi connectivity index (χ1) is 14.1. The molecule has 1 atom stereocenters. The molecule has 0 aromatic heterocycles. The molecule has 0 bridgehead atoms. The molecular weight excluding hydrogens is 408 g/mol. The van der Waals surface area contributed by atoms with Gasteiger partial charge in [-0.1, -0.05) is 41.9 Å². The lowest BCUT2D eigenvalue weighted by molar-refractivity contribution is -0.135. The molecule has 0 radical (unpaired) electrons. The third kappa shape index (κ3) is 5.13. The highest BCUT2D eigenvalue weighted by Gasteiger charge is 2.32. The zero-order chi connectivity index (χ0) is 20.2. The molecule has 5 nitrogen and oxygen atoms in total. The first-order valence-corrected chi connectivity index (χ1v) is 11.0. The lowest BCUT2D eigenvalue weighted by Gasteiger charge is -2.33. The highest BCUT2D eigenvalue weighted by molar-refractivity contribution is 8.01. The molecule has 0 aliphatic carbocycles. The Morgan fingerprint density at radius 3 is 2.69 bits per heavy atom. The summed E-state index contributed by atoms with van der Waals surface area (Å²) in [6.45, 7) is 1.94. The number of nitrogens with zero attached hydrogens (tertiary/aromatic N) is 1. The van der Waals surface area contributed by atoms with E-state index in [1.54, 1.807) is 12.1 Å². The van der Waals surface area contributed by atoms with Gasteiger partial charge in [-0.2, -0.15) is 0 Å². The molecule has 2 aliphatic rings. The first kappa shape index (κ1) is 20.3. The summed E-state index contributed by atoms with van der Waals surface area (Å²) >= 11 is 7.41. The summed E-state index contributed by atoms with van der Waals surface area (Å²) in [5.41, 5.74) is 1.88. The average Bonchev–Trinajstić information content (AvgIpc) is 2.74. The minimum Gasteiger partial charge on any atom is -0.373 e. The van der Waals surface area contributed by atoms with E-state index < -0.39 is 5.25 Å². The number of thioether (sulfide) groups is 1. The van der Waals surface area contributed by atoms with E-state index in [0.717, 1.165) is 23.3 Å². The summed E-state index contributed by atoms with van der Waals surface area (Å²) < 4.78 is 6.00. The van der Waals surface area contributed by atoms with E-state index in [-0.39, 0.29) is 24.3 Å². The topological polar surface area (TPSA) is 58.6 Å². The van der Waals surface area contributed by atoms with E-state index >= 15 is 0 Å². The number of anilines is 1. The second-order valence-electron chi connectivity index (χ2n) is 7.32. The summed E-state index contributed by atoms with van der Waals surface area (Å²) in [7, 11) is 0. The van der Waals surface area contributed by atoms with Crippen LogP contribution in [0.4, 0.5) is 5.69 Å². The summed E-state index contributed by atoms with van der Waals surface area (Å²) in [6.07, 6.45) is 2.02. The van der Waals surface area contributed by atoms with Gasteiger partial charge in [0.25, 0.3) is 0 Å². The number of rotatable bonds is 5.